The van der Waals surface area contributed by atoms with E-state index in [4.69, 9.17) is 4.74 Å². The van der Waals surface area contributed by atoms with Gasteiger partial charge in [-0.2, -0.15) is 0 Å². The number of nitrogens with zero attached hydrogens (tertiary/aromatic N) is 2. The molecule has 3 atom stereocenters. The van der Waals surface area contributed by atoms with E-state index in [0.717, 1.165) is 9.80 Å². The van der Waals surface area contributed by atoms with E-state index in [-0.39, 0.29) is 16.9 Å². The van der Waals surface area contributed by atoms with Gasteiger partial charge in [-0.05, 0) is 23.3 Å². The SMILES string of the molecule is CC(=O)N1C(=O)[C@]2(OC(=O)[C@H](c3ccccc3)[C@]23C(=O)N(C(C)=O)c2ccccc23)c2ccccc21. The van der Waals surface area contributed by atoms with Crippen LogP contribution in [0.25, 0.3) is 0 Å². The summed E-state index contributed by atoms with van der Waals surface area (Å²) >= 11 is 0. The first-order chi connectivity index (χ1) is 17.3. The van der Waals surface area contributed by atoms with Crippen LogP contribution in [0.1, 0.15) is 36.5 Å². The Hall–Kier alpha value is -4.59. The van der Waals surface area contributed by atoms with Crippen LogP contribution in [0.2, 0.25) is 0 Å². The first-order valence-corrected chi connectivity index (χ1v) is 11.5. The Labute approximate surface area is 206 Å². The van der Waals surface area contributed by atoms with E-state index in [9.17, 15) is 24.0 Å². The Bertz CT molecular complexity index is 1520. The summed E-state index contributed by atoms with van der Waals surface area (Å²) in [5.41, 5.74) is -2.64. The fraction of sp³-hybridized carbons (Fsp3) is 0.179. The van der Waals surface area contributed by atoms with Gasteiger partial charge in [0.2, 0.25) is 17.4 Å². The van der Waals surface area contributed by atoms with Crippen molar-refractivity contribution >= 4 is 41.0 Å². The molecule has 0 unspecified atom stereocenters. The number of rotatable bonds is 1. The Kier molecular flexibility index (Phi) is 4.39. The molecule has 1 saturated heterocycles. The highest BCUT2D eigenvalue weighted by molar-refractivity contribution is 6.31. The summed E-state index contributed by atoms with van der Waals surface area (Å²) in [6.45, 7) is 2.49. The van der Waals surface area contributed by atoms with Crippen LogP contribution in [0.5, 0.6) is 0 Å². The monoisotopic (exact) mass is 480 g/mol. The molecule has 0 aliphatic carbocycles. The van der Waals surface area contributed by atoms with E-state index in [1.54, 1.807) is 78.9 Å². The fourth-order valence-corrected chi connectivity index (χ4v) is 6.18. The molecule has 2 spiro atoms. The van der Waals surface area contributed by atoms with Gasteiger partial charge in [-0.1, -0.05) is 66.7 Å². The van der Waals surface area contributed by atoms with Crippen molar-refractivity contribution in [3.8, 4) is 0 Å². The molecule has 3 heterocycles. The lowest BCUT2D eigenvalue weighted by molar-refractivity contribution is -0.162. The summed E-state index contributed by atoms with van der Waals surface area (Å²) in [7, 11) is 0. The molecule has 3 aliphatic heterocycles. The minimum atomic E-state index is -2.19. The summed E-state index contributed by atoms with van der Waals surface area (Å²) in [6, 6.07) is 21.7. The molecule has 3 aromatic carbocycles. The van der Waals surface area contributed by atoms with Crippen molar-refractivity contribution in [1.82, 2.24) is 0 Å². The van der Waals surface area contributed by atoms with Crippen LogP contribution in [-0.2, 0) is 39.7 Å². The van der Waals surface area contributed by atoms with Gasteiger partial charge in [0.05, 0.1) is 11.4 Å². The standard InChI is InChI=1S/C28H20N2O6/c1-16(31)29-21-14-8-6-12-19(21)27(25(29)34)23(18-10-4-3-5-11-18)24(33)36-28(27)20-13-7-9-15-22(20)30(17(2)32)26(28)35/h3-15,23H,1-2H3/t23-,27+,28+/m0/s1. The summed E-state index contributed by atoms with van der Waals surface area (Å²) in [5.74, 6) is -4.77. The van der Waals surface area contributed by atoms with Crippen LogP contribution in [0.4, 0.5) is 11.4 Å². The molecule has 0 saturated carbocycles. The maximum absolute atomic E-state index is 14.6. The van der Waals surface area contributed by atoms with E-state index >= 15 is 0 Å². The van der Waals surface area contributed by atoms with Crippen molar-refractivity contribution in [3.05, 3.63) is 95.6 Å². The number of anilines is 2. The third-order valence-corrected chi connectivity index (χ3v) is 7.38. The summed E-state index contributed by atoms with van der Waals surface area (Å²) in [6.07, 6.45) is 0. The van der Waals surface area contributed by atoms with Crippen molar-refractivity contribution < 1.29 is 28.7 Å². The van der Waals surface area contributed by atoms with Gasteiger partial charge in [-0.15, -0.1) is 0 Å². The second kappa shape index (κ2) is 7.21. The Morgan fingerprint density at radius 2 is 1.19 bits per heavy atom. The zero-order chi connectivity index (χ0) is 25.4. The van der Waals surface area contributed by atoms with Crippen molar-refractivity contribution in [2.45, 2.75) is 30.8 Å². The lowest BCUT2D eigenvalue weighted by Gasteiger charge is -2.38. The minimum Gasteiger partial charge on any atom is -0.442 e. The number of fused-ring (bicyclic) bond motifs is 5. The molecule has 8 heteroatoms. The van der Waals surface area contributed by atoms with Crippen LogP contribution in [-0.4, -0.2) is 29.6 Å². The molecule has 36 heavy (non-hydrogen) atoms. The van der Waals surface area contributed by atoms with Crippen molar-refractivity contribution in [3.63, 3.8) is 0 Å². The molecular weight excluding hydrogens is 460 g/mol. The molecule has 6 rings (SSSR count). The Morgan fingerprint density at radius 1 is 0.694 bits per heavy atom. The molecule has 0 N–H and O–H groups in total. The number of carbonyl (C=O) groups is 5. The van der Waals surface area contributed by atoms with Crippen LogP contribution < -0.4 is 9.80 Å². The molecule has 0 bridgehead atoms. The summed E-state index contributed by atoms with van der Waals surface area (Å²) in [5, 5.41) is 0. The third-order valence-electron chi connectivity index (χ3n) is 7.38. The number of esters is 1. The van der Waals surface area contributed by atoms with Gasteiger partial charge in [0, 0.05) is 19.4 Å². The molecule has 3 aliphatic rings. The average molecular weight is 480 g/mol. The first-order valence-electron chi connectivity index (χ1n) is 11.5. The zero-order valence-electron chi connectivity index (χ0n) is 19.4. The zero-order valence-corrected chi connectivity index (χ0v) is 19.4. The van der Waals surface area contributed by atoms with Gasteiger partial charge in [-0.3, -0.25) is 24.0 Å². The second-order valence-electron chi connectivity index (χ2n) is 9.11. The van der Waals surface area contributed by atoms with Crippen LogP contribution in [0, 0.1) is 0 Å². The van der Waals surface area contributed by atoms with E-state index in [1.807, 2.05) is 0 Å². The van der Waals surface area contributed by atoms with Gasteiger partial charge < -0.3 is 4.74 Å². The fourth-order valence-electron chi connectivity index (χ4n) is 6.18. The van der Waals surface area contributed by atoms with Gasteiger partial charge in [0.15, 0.2) is 0 Å². The Balaban J connectivity index is 1.79. The number of hydrogen-bond acceptors (Lipinski definition) is 6. The number of amides is 4. The largest absolute Gasteiger partial charge is 0.442 e. The number of carbonyl (C=O) groups excluding carboxylic acids is 5. The predicted molar refractivity (Wildman–Crippen MR) is 128 cm³/mol. The highest BCUT2D eigenvalue weighted by atomic mass is 16.6. The lowest BCUT2D eigenvalue weighted by Crippen LogP contribution is -2.60. The smallest absolute Gasteiger partial charge is 0.316 e. The number of para-hydroxylation sites is 2. The van der Waals surface area contributed by atoms with E-state index in [0.29, 0.717) is 11.1 Å². The first kappa shape index (κ1) is 21.9. The van der Waals surface area contributed by atoms with Crippen molar-refractivity contribution in [2.24, 2.45) is 0 Å². The van der Waals surface area contributed by atoms with E-state index in [1.165, 1.54) is 13.8 Å². The number of ether oxygens (including phenoxy) is 1. The number of imide groups is 2. The minimum absolute atomic E-state index is 0.227. The van der Waals surface area contributed by atoms with Crippen LogP contribution in [0.3, 0.4) is 0 Å². The quantitative estimate of drug-likeness (QED) is 0.497. The molecule has 1 fully saturated rings. The maximum atomic E-state index is 14.6. The second-order valence-corrected chi connectivity index (χ2v) is 9.11. The molecule has 0 aromatic heterocycles. The summed E-state index contributed by atoms with van der Waals surface area (Å²) < 4.78 is 6.05. The maximum Gasteiger partial charge on any atom is 0.316 e. The molecule has 4 amide bonds. The number of hydrogen-bond donors (Lipinski definition) is 0. The van der Waals surface area contributed by atoms with Gasteiger partial charge in [-0.25, -0.2) is 9.80 Å². The topological polar surface area (TPSA) is 101 Å². The molecule has 8 nitrogen and oxygen atoms in total. The molecule has 178 valence electrons. The number of benzene rings is 3. The molecule has 0 radical (unpaired) electrons. The van der Waals surface area contributed by atoms with Gasteiger partial charge in [0.25, 0.3) is 11.8 Å². The van der Waals surface area contributed by atoms with Crippen LogP contribution >= 0.6 is 0 Å². The van der Waals surface area contributed by atoms with Gasteiger partial charge >= 0.3 is 5.97 Å². The van der Waals surface area contributed by atoms with Crippen molar-refractivity contribution in [1.29, 1.82) is 0 Å². The average Bonchev–Trinajstić information content (AvgIpc) is 3.39. The highest BCUT2D eigenvalue weighted by Gasteiger charge is 2.82. The van der Waals surface area contributed by atoms with E-state index < -0.39 is 46.5 Å². The van der Waals surface area contributed by atoms with E-state index in [2.05, 4.69) is 0 Å². The van der Waals surface area contributed by atoms with Crippen LogP contribution in [0.15, 0.2) is 78.9 Å². The highest BCUT2D eigenvalue weighted by Crippen LogP contribution is 2.67. The molecule has 3 aromatic rings. The van der Waals surface area contributed by atoms with Crippen molar-refractivity contribution in [2.75, 3.05) is 9.80 Å². The lowest BCUT2D eigenvalue weighted by atomic mass is 9.59. The predicted octanol–water partition coefficient (Wildman–Crippen LogP) is 2.95. The third kappa shape index (κ3) is 2.31. The Morgan fingerprint density at radius 3 is 1.81 bits per heavy atom. The molecular formula is C28H20N2O6. The summed E-state index contributed by atoms with van der Waals surface area (Å²) in [4.78, 5) is 70.2. The van der Waals surface area contributed by atoms with Gasteiger partial charge in [0.1, 0.15) is 11.3 Å². The normalized spacial score (nSPS) is 25.9.